The van der Waals surface area contributed by atoms with Crippen molar-refractivity contribution in [3.05, 3.63) is 95.0 Å². The fraction of sp³-hybridized carbons (Fsp3) is 0.214. The van der Waals surface area contributed by atoms with E-state index in [0.29, 0.717) is 35.4 Å². The first kappa shape index (κ1) is 23.6. The number of aliphatic carboxylic acids is 1. The minimum absolute atomic E-state index is 0.0633. The van der Waals surface area contributed by atoms with Crippen LogP contribution >= 0.6 is 11.6 Å². The number of aromatic nitrogens is 2. The van der Waals surface area contributed by atoms with Gasteiger partial charge in [-0.1, -0.05) is 74.0 Å². The minimum Gasteiger partial charge on any atom is -0.493 e. The molecular weight excluding hydrogens is 448 g/mol. The van der Waals surface area contributed by atoms with E-state index in [9.17, 15) is 9.90 Å². The van der Waals surface area contributed by atoms with Crippen molar-refractivity contribution in [1.29, 1.82) is 0 Å². The van der Waals surface area contributed by atoms with Gasteiger partial charge in [-0.25, -0.2) is 0 Å². The summed E-state index contributed by atoms with van der Waals surface area (Å²) in [6.07, 6.45) is -0.0633. The second-order valence-electron chi connectivity index (χ2n) is 8.67. The van der Waals surface area contributed by atoms with E-state index < -0.39 is 5.97 Å². The zero-order chi connectivity index (χ0) is 24.1. The molecule has 1 N–H and O–H groups in total. The Morgan fingerprint density at radius 3 is 2.41 bits per heavy atom. The molecule has 0 radical (unpaired) electrons. The van der Waals surface area contributed by atoms with Crippen LogP contribution in [0.15, 0.2) is 78.9 Å². The topological polar surface area (TPSA) is 64.3 Å². The summed E-state index contributed by atoms with van der Waals surface area (Å²) in [5, 5.41) is 14.9. The first-order valence-electron chi connectivity index (χ1n) is 11.2. The van der Waals surface area contributed by atoms with E-state index in [1.165, 1.54) is 0 Å². The van der Waals surface area contributed by atoms with Crippen molar-refractivity contribution in [1.82, 2.24) is 9.78 Å². The lowest BCUT2D eigenvalue weighted by Crippen LogP contribution is -2.07. The van der Waals surface area contributed by atoms with E-state index in [1.54, 1.807) is 6.07 Å². The molecule has 1 heterocycles. The normalized spacial score (nSPS) is 11.1. The first-order valence-corrected chi connectivity index (χ1v) is 11.6. The van der Waals surface area contributed by atoms with E-state index in [2.05, 4.69) is 26.0 Å². The van der Waals surface area contributed by atoms with Crippen molar-refractivity contribution in [2.24, 2.45) is 5.92 Å². The van der Waals surface area contributed by atoms with Gasteiger partial charge in [-0.05, 0) is 52.9 Å². The Morgan fingerprint density at radius 1 is 1.00 bits per heavy atom. The van der Waals surface area contributed by atoms with Gasteiger partial charge in [0.25, 0.3) is 0 Å². The summed E-state index contributed by atoms with van der Waals surface area (Å²) in [7, 11) is 0. The zero-order valence-electron chi connectivity index (χ0n) is 19.2. The van der Waals surface area contributed by atoms with Crippen LogP contribution in [-0.4, -0.2) is 27.5 Å². The fourth-order valence-corrected chi connectivity index (χ4v) is 3.85. The second kappa shape index (κ2) is 10.6. The molecule has 0 spiro atoms. The van der Waals surface area contributed by atoms with Gasteiger partial charge in [0.15, 0.2) is 0 Å². The highest BCUT2D eigenvalue weighted by molar-refractivity contribution is 6.30. The van der Waals surface area contributed by atoms with Crippen LogP contribution in [0.3, 0.4) is 0 Å². The third kappa shape index (κ3) is 5.86. The number of halogens is 1. The van der Waals surface area contributed by atoms with Crippen molar-refractivity contribution < 1.29 is 14.6 Å². The van der Waals surface area contributed by atoms with Crippen molar-refractivity contribution in [3.8, 4) is 28.3 Å². The molecule has 0 saturated heterocycles. The molecule has 0 aliphatic carbocycles. The van der Waals surface area contributed by atoms with Crippen LogP contribution in [0.25, 0.3) is 22.5 Å². The van der Waals surface area contributed by atoms with Gasteiger partial charge in [0.1, 0.15) is 5.75 Å². The smallest absolute Gasteiger partial charge is 0.307 e. The summed E-state index contributed by atoms with van der Waals surface area (Å²) in [4.78, 5) is 11.3. The lowest BCUT2D eigenvalue weighted by molar-refractivity contribution is -0.136. The quantitative estimate of drug-likeness (QED) is 0.297. The molecule has 34 heavy (non-hydrogen) atoms. The van der Waals surface area contributed by atoms with Crippen LogP contribution in [0, 0.1) is 5.92 Å². The number of nitrogens with zero attached hydrogens (tertiary/aromatic N) is 2. The first-order chi connectivity index (χ1) is 16.4. The highest BCUT2D eigenvalue weighted by Crippen LogP contribution is 2.34. The van der Waals surface area contributed by atoms with E-state index in [4.69, 9.17) is 21.4 Å². The number of hydrogen-bond acceptors (Lipinski definition) is 3. The number of hydrogen-bond donors (Lipinski definition) is 1. The Bertz CT molecular complexity index is 1260. The monoisotopic (exact) mass is 474 g/mol. The summed E-state index contributed by atoms with van der Waals surface area (Å²) in [6, 6.07) is 25.3. The molecule has 0 aliphatic heterocycles. The largest absolute Gasteiger partial charge is 0.493 e. The van der Waals surface area contributed by atoms with Crippen LogP contribution < -0.4 is 4.74 Å². The third-order valence-corrected chi connectivity index (χ3v) is 5.59. The summed E-state index contributed by atoms with van der Waals surface area (Å²) in [5.74, 6) is 0.167. The molecule has 5 nitrogen and oxygen atoms in total. The maximum atomic E-state index is 11.3. The van der Waals surface area contributed by atoms with Gasteiger partial charge in [0, 0.05) is 10.6 Å². The molecule has 4 rings (SSSR count). The van der Waals surface area contributed by atoms with Crippen molar-refractivity contribution >= 4 is 17.6 Å². The Morgan fingerprint density at radius 2 is 1.74 bits per heavy atom. The standard InChI is InChI=1S/C28H27ClN2O3/c1-19(2)18-34-27-13-8-21(15-28(32)33)14-24(27)25-16-26(22-9-11-23(29)12-10-22)31(30-25)17-20-6-4-3-5-7-20/h3-14,16,19H,15,17-18H2,1-2H3,(H,32,33). The number of ether oxygens (including phenoxy) is 1. The molecule has 0 amide bonds. The van der Waals surface area contributed by atoms with Crippen LogP contribution in [0.5, 0.6) is 5.75 Å². The summed E-state index contributed by atoms with van der Waals surface area (Å²) >= 11 is 6.12. The van der Waals surface area contributed by atoms with Crippen LogP contribution in [0.4, 0.5) is 0 Å². The number of rotatable bonds is 9. The predicted molar refractivity (Wildman–Crippen MR) is 135 cm³/mol. The van der Waals surface area contributed by atoms with Gasteiger partial charge in [0.2, 0.25) is 0 Å². The number of carboxylic acid groups (broad SMARTS) is 1. The molecule has 0 unspecified atom stereocenters. The second-order valence-corrected chi connectivity index (χ2v) is 9.11. The van der Waals surface area contributed by atoms with Crippen LogP contribution in [0.2, 0.25) is 5.02 Å². The Hall–Kier alpha value is -3.57. The molecule has 0 bridgehead atoms. The Balaban J connectivity index is 1.82. The van der Waals surface area contributed by atoms with Crippen molar-refractivity contribution in [3.63, 3.8) is 0 Å². The van der Waals surface area contributed by atoms with Gasteiger partial charge in [-0.2, -0.15) is 5.10 Å². The van der Waals surface area contributed by atoms with Gasteiger partial charge in [-0.15, -0.1) is 0 Å². The molecular formula is C28H27ClN2O3. The van der Waals surface area contributed by atoms with Gasteiger partial charge >= 0.3 is 5.97 Å². The summed E-state index contributed by atoms with van der Waals surface area (Å²) < 4.78 is 8.05. The predicted octanol–water partition coefficient (Wildman–Crippen LogP) is 6.58. The molecule has 0 saturated carbocycles. The molecule has 174 valence electrons. The van der Waals surface area contributed by atoms with E-state index >= 15 is 0 Å². The lowest BCUT2D eigenvalue weighted by Gasteiger charge is -2.13. The Labute approximate surface area is 204 Å². The third-order valence-electron chi connectivity index (χ3n) is 5.34. The van der Waals surface area contributed by atoms with Crippen LogP contribution in [0.1, 0.15) is 25.0 Å². The van der Waals surface area contributed by atoms with Crippen molar-refractivity contribution in [2.45, 2.75) is 26.8 Å². The van der Waals surface area contributed by atoms with E-state index in [1.807, 2.05) is 65.3 Å². The van der Waals surface area contributed by atoms with Gasteiger partial charge in [-0.3, -0.25) is 9.48 Å². The SMILES string of the molecule is CC(C)COc1ccc(CC(=O)O)cc1-c1cc(-c2ccc(Cl)cc2)n(Cc2ccccc2)n1. The Kier molecular flexibility index (Phi) is 7.33. The van der Waals surface area contributed by atoms with E-state index in [-0.39, 0.29) is 6.42 Å². The fourth-order valence-electron chi connectivity index (χ4n) is 3.72. The van der Waals surface area contributed by atoms with Gasteiger partial charge in [0.05, 0.1) is 31.0 Å². The van der Waals surface area contributed by atoms with Crippen molar-refractivity contribution in [2.75, 3.05) is 6.61 Å². The van der Waals surface area contributed by atoms with E-state index in [0.717, 1.165) is 28.1 Å². The lowest BCUT2D eigenvalue weighted by atomic mass is 10.0. The molecule has 6 heteroatoms. The zero-order valence-corrected chi connectivity index (χ0v) is 20.0. The minimum atomic E-state index is -0.877. The average Bonchev–Trinajstić information content (AvgIpc) is 3.22. The summed E-state index contributed by atoms with van der Waals surface area (Å²) in [6.45, 7) is 5.33. The number of carbonyl (C=O) groups is 1. The molecule has 3 aromatic carbocycles. The molecule has 0 aliphatic rings. The highest BCUT2D eigenvalue weighted by atomic mass is 35.5. The number of carboxylic acids is 1. The van der Waals surface area contributed by atoms with Crippen LogP contribution in [-0.2, 0) is 17.8 Å². The molecule has 0 atom stereocenters. The maximum Gasteiger partial charge on any atom is 0.307 e. The molecule has 0 fully saturated rings. The number of benzene rings is 3. The average molecular weight is 475 g/mol. The highest BCUT2D eigenvalue weighted by Gasteiger charge is 2.17. The molecule has 4 aromatic rings. The maximum absolute atomic E-state index is 11.3. The molecule has 1 aromatic heterocycles. The summed E-state index contributed by atoms with van der Waals surface area (Å²) in [5.41, 5.74) is 5.26. The van der Waals surface area contributed by atoms with Gasteiger partial charge < -0.3 is 9.84 Å².